The van der Waals surface area contributed by atoms with Gasteiger partial charge in [-0.2, -0.15) is 0 Å². The second kappa shape index (κ2) is 3.37. The van der Waals surface area contributed by atoms with E-state index in [1.807, 2.05) is 20.8 Å². The molecule has 2 unspecified atom stereocenters. The van der Waals surface area contributed by atoms with Crippen LogP contribution >= 0.6 is 0 Å². The predicted molar refractivity (Wildman–Crippen MR) is 52.7 cm³/mol. The van der Waals surface area contributed by atoms with Crippen LogP contribution in [0, 0.1) is 16.7 Å². The number of hydrogen-bond acceptors (Lipinski definition) is 3. The van der Waals surface area contributed by atoms with Gasteiger partial charge in [-0.3, -0.25) is 4.79 Å². The van der Waals surface area contributed by atoms with Gasteiger partial charge in [0.25, 0.3) is 0 Å². The molecule has 0 aromatic carbocycles. The number of rotatable bonds is 2. The van der Waals surface area contributed by atoms with Gasteiger partial charge in [-0.05, 0) is 18.3 Å². The van der Waals surface area contributed by atoms with Gasteiger partial charge < -0.3 is 9.53 Å². The van der Waals surface area contributed by atoms with Crippen LogP contribution in [0.5, 0.6) is 0 Å². The van der Waals surface area contributed by atoms with Crippen molar-refractivity contribution in [1.29, 1.82) is 0 Å². The minimum absolute atomic E-state index is 0.150. The first kappa shape index (κ1) is 11.2. The standard InChI is InChI=1S/C11H18O3/c1-10(2)8(9(13)14-4)5-6-11(10,3)7-12/h7-8H,5-6H2,1-4H3. The molecule has 2 atom stereocenters. The maximum Gasteiger partial charge on any atom is 0.309 e. The highest BCUT2D eigenvalue weighted by Gasteiger charge is 2.54. The Hall–Kier alpha value is -0.860. The van der Waals surface area contributed by atoms with E-state index in [1.54, 1.807) is 0 Å². The van der Waals surface area contributed by atoms with E-state index in [2.05, 4.69) is 0 Å². The van der Waals surface area contributed by atoms with Crippen molar-refractivity contribution < 1.29 is 14.3 Å². The third kappa shape index (κ3) is 1.35. The van der Waals surface area contributed by atoms with E-state index in [-0.39, 0.29) is 17.3 Å². The molecule has 1 saturated carbocycles. The summed E-state index contributed by atoms with van der Waals surface area (Å²) in [6.07, 6.45) is 2.49. The van der Waals surface area contributed by atoms with E-state index in [0.717, 1.165) is 19.1 Å². The maximum atomic E-state index is 11.5. The molecule has 0 aliphatic heterocycles. The number of esters is 1. The molecule has 3 heteroatoms. The fourth-order valence-corrected chi connectivity index (χ4v) is 2.29. The van der Waals surface area contributed by atoms with E-state index in [9.17, 15) is 9.59 Å². The summed E-state index contributed by atoms with van der Waals surface area (Å²) in [4.78, 5) is 22.5. The van der Waals surface area contributed by atoms with Gasteiger partial charge in [0.2, 0.25) is 0 Å². The van der Waals surface area contributed by atoms with Crippen molar-refractivity contribution in [2.45, 2.75) is 33.6 Å². The summed E-state index contributed by atoms with van der Waals surface area (Å²) in [5.41, 5.74) is -0.701. The van der Waals surface area contributed by atoms with Crippen molar-refractivity contribution in [2.24, 2.45) is 16.7 Å². The number of ether oxygens (including phenoxy) is 1. The summed E-state index contributed by atoms with van der Waals surface area (Å²) < 4.78 is 4.75. The van der Waals surface area contributed by atoms with Gasteiger partial charge in [-0.1, -0.05) is 20.8 Å². The smallest absolute Gasteiger partial charge is 0.309 e. The Balaban J connectivity index is 2.97. The topological polar surface area (TPSA) is 43.4 Å². The summed E-state index contributed by atoms with van der Waals surface area (Å²) in [6.45, 7) is 5.86. The lowest BCUT2D eigenvalue weighted by Crippen LogP contribution is -2.38. The summed E-state index contributed by atoms with van der Waals surface area (Å²) in [5.74, 6) is -0.344. The monoisotopic (exact) mass is 198 g/mol. The van der Waals surface area contributed by atoms with Gasteiger partial charge in [0.1, 0.15) is 6.29 Å². The first-order valence-corrected chi connectivity index (χ1v) is 4.93. The van der Waals surface area contributed by atoms with E-state index in [4.69, 9.17) is 4.74 Å². The molecule has 0 N–H and O–H groups in total. The van der Waals surface area contributed by atoms with E-state index >= 15 is 0 Å². The largest absolute Gasteiger partial charge is 0.469 e. The van der Waals surface area contributed by atoms with E-state index in [0.29, 0.717) is 0 Å². The quantitative estimate of drug-likeness (QED) is 0.502. The zero-order valence-corrected chi connectivity index (χ0v) is 9.29. The molecule has 0 saturated heterocycles. The number of carbonyl (C=O) groups excluding carboxylic acids is 2. The molecule has 0 bridgehead atoms. The molecule has 14 heavy (non-hydrogen) atoms. The van der Waals surface area contributed by atoms with Crippen LogP contribution in [0.2, 0.25) is 0 Å². The van der Waals surface area contributed by atoms with Gasteiger partial charge in [0, 0.05) is 5.41 Å². The molecule has 1 aliphatic rings. The molecule has 0 spiro atoms. The summed E-state index contributed by atoms with van der Waals surface area (Å²) in [6, 6.07) is 0. The molecular formula is C11H18O3. The van der Waals surface area contributed by atoms with Crippen molar-refractivity contribution in [2.75, 3.05) is 7.11 Å². The number of aldehydes is 1. The minimum Gasteiger partial charge on any atom is -0.469 e. The van der Waals surface area contributed by atoms with Gasteiger partial charge in [0.15, 0.2) is 0 Å². The van der Waals surface area contributed by atoms with Crippen LogP contribution in [0.3, 0.4) is 0 Å². The van der Waals surface area contributed by atoms with Crippen LogP contribution < -0.4 is 0 Å². The highest BCUT2D eigenvalue weighted by Crippen LogP contribution is 2.54. The molecule has 0 amide bonds. The normalized spacial score (nSPS) is 35.3. The zero-order chi connectivity index (χ0) is 11.0. The molecule has 0 heterocycles. The lowest BCUT2D eigenvalue weighted by molar-refractivity contribution is -0.150. The minimum atomic E-state index is -0.397. The van der Waals surface area contributed by atoms with E-state index < -0.39 is 5.41 Å². The number of hydrogen-bond donors (Lipinski definition) is 0. The van der Waals surface area contributed by atoms with Crippen molar-refractivity contribution in [1.82, 2.24) is 0 Å². The van der Waals surface area contributed by atoms with E-state index in [1.165, 1.54) is 7.11 Å². The first-order chi connectivity index (χ1) is 6.39. The van der Waals surface area contributed by atoms with Gasteiger partial charge >= 0.3 is 5.97 Å². The highest BCUT2D eigenvalue weighted by atomic mass is 16.5. The van der Waals surface area contributed by atoms with Crippen LogP contribution in [-0.2, 0) is 14.3 Å². The van der Waals surface area contributed by atoms with Crippen LogP contribution in [0.4, 0.5) is 0 Å². The lowest BCUT2D eigenvalue weighted by atomic mass is 9.66. The molecule has 0 radical (unpaired) electrons. The fourth-order valence-electron chi connectivity index (χ4n) is 2.29. The molecule has 1 fully saturated rings. The number of methoxy groups -OCH3 is 1. The Morgan fingerprint density at radius 2 is 2.00 bits per heavy atom. The SMILES string of the molecule is COC(=O)C1CCC(C)(C=O)C1(C)C. The molecule has 1 aliphatic carbocycles. The van der Waals surface area contributed by atoms with Crippen molar-refractivity contribution in [3.8, 4) is 0 Å². The second-order valence-corrected chi connectivity index (χ2v) is 4.87. The first-order valence-electron chi connectivity index (χ1n) is 4.93. The summed E-state index contributed by atoms with van der Waals surface area (Å²) >= 11 is 0. The molecule has 0 aromatic heterocycles. The summed E-state index contributed by atoms with van der Waals surface area (Å²) in [5, 5.41) is 0. The highest BCUT2D eigenvalue weighted by molar-refractivity contribution is 5.76. The van der Waals surface area contributed by atoms with Crippen LogP contribution in [0.1, 0.15) is 33.6 Å². The number of carbonyl (C=O) groups is 2. The Morgan fingerprint density at radius 3 is 2.36 bits per heavy atom. The van der Waals surface area contributed by atoms with Crippen LogP contribution in [0.15, 0.2) is 0 Å². The molecule has 80 valence electrons. The average molecular weight is 198 g/mol. The Morgan fingerprint density at radius 1 is 1.43 bits per heavy atom. The van der Waals surface area contributed by atoms with Gasteiger partial charge in [-0.25, -0.2) is 0 Å². The Bertz CT molecular complexity index is 257. The molecule has 0 aromatic rings. The third-order valence-electron chi connectivity index (χ3n) is 4.04. The maximum absolute atomic E-state index is 11.5. The third-order valence-corrected chi connectivity index (χ3v) is 4.04. The fraction of sp³-hybridized carbons (Fsp3) is 0.818. The van der Waals surface area contributed by atoms with Crippen LogP contribution in [-0.4, -0.2) is 19.4 Å². The lowest BCUT2D eigenvalue weighted by Gasteiger charge is -2.36. The Kier molecular flexibility index (Phi) is 2.70. The average Bonchev–Trinajstić information content (AvgIpc) is 2.38. The summed E-state index contributed by atoms with van der Waals surface area (Å²) in [7, 11) is 1.40. The Labute approximate surface area is 84.8 Å². The predicted octanol–water partition coefficient (Wildman–Crippen LogP) is 1.80. The molecule has 3 nitrogen and oxygen atoms in total. The van der Waals surface area contributed by atoms with Gasteiger partial charge in [-0.15, -0.1) is 0 Å². The molecular weight excluding hydrogens is 180 g/mol. The van der Waals surface area contributed by atoms with Gasteiger partial charge in [0.05, 0.1) is 13.0 Å². The van der Waals surface area contributed by atoms with Crippen LogP contribution in [0.25, 0.3) is 0 Å². The van der Waals surface area contributed by atoms with Crippen molar-refractivity contribution >= 4 is 12.3 Å². The second-order valence-electron chi connectivity index (χ2n) is 4.87. The zero-order valence-electron chi connectivity index (χ0n) is 9.29. The van der Waals surface area contributed by atoms with Crippen molar-refractivity contribution in [3.05, 3.63) is 0 Å². The van der Waals surface area contributed by atoms with Crippen molar-refractivity contribution in [3.63, 3.8) is 0 Å². The molecule has 1 rings (SSSR count).